The summed E-state index contributed by atoms with van der Waals surface area (Å²) < 4.78 is 0. The molecule has 0 aliphatic carbocycles. The molecule has 1 aliphatic rings. The molecule has 0 saturated carbocycles. The van der Waals surface area contributed by atoms with Crippen molar-refractivity contribution < 1.29 is 0 Å². The predicted octanol–water partition coefficient (Wildman–Crippen LogP) is 2.40. The van der Waals surface area contributed by atoms with Crippen LogP contribution in [0.25, 0.3) is 0 Å². The number of piperazine rings is 1. The van der Waals surface area contributed by atoms with Crippen LogP contribution in [0.2, 0.25) is 5.02 Å². The maximum atomic E-state index is 9.19. The van der Waals surface area contributed by atoms with E-state index >= 15 is 0 Å². The molecular weight excluding hydrogens is 234 g/mol. The van der Waals surface area contributed by atoms with Gasteiger partial charge in [-0.25, -0.2) is 0 Å². The van der Waals surface area contributed by atoms with Crippen molar-refractivity contribution in [2.24, 2.45) is 0 Å². The van der Waals surface area contributed by atoms with Crippen molar-refractivity contribution in [3.63, 3.8) is 0 Å². The number of rotatable bonds is 1. The largest absolute Gasteiger partial charge is 0.363 e. The van der Waals surface area contributed by atoms with Gasteiger partial charge in [0.25, 0.3) is 0 Å². The summed E-state index contributed by atoms with van der Waals surface area (Å²) >= 11 is 5.92. The maximum Gasteiger partial charge on any atom is 0.101 e. The van der Waals surface area contributed by atoms with Crippen LogP contribution < -0.4 is 10.2 Å². The second kappa shape index (κ2) is 4.56. The molecule has 90 valence electrons. The fourth-order valence-electron chi connectivity index (χ4n) is 2.26. The Hall–Kier alpha value is -1.24. The molecular formula is C13H16ClN3. The van der Waals surface area contributed by atoms with Crippen LogP contribution in [0.4, 0.5) is 5.69 Å². The lowest BCUT2D eigenvalue weighted by molar-refractivity contribution is 0.380. The van der Waals surface area contributed by atoms with Crippen LogP contribution in [0.15, 0.2) is 18.2 Å². The third-order valence-corrected chi connectivity index (χ3v) is 3.41. The molecule has 1 fully saturated rings. The van der Waals surface area contributed by atoms with E-state index in [9.17, 15) is 5.26 Å². The SMILES string of the molecule is CC1(C)CNCCN1c1ccc(Cl)cc1C#N. The number of nitriles is 1. The Morgan fingerprint density at radius 3 is 2.88 bits per heavy atom. The molecule has 1 aromatic rings. The third-order valence-electron chi connectivity index (χ3n) is 3.17. The van der Waals surface area contributed by atoms with Crippen molar-refractivity contribution in [3.05, 3.63) is 28.8 Å². The molecule has 3 nitrogen and oxygen atoms in total. The average molecular weight is 250 g/mol. The Kier molecular flexibility index (Phi) is 3.28. The van der Waals surface area contributed by atoms with Crippen LogP contribution in [0.1, 0.15) is 19.4 Å². The molecule has 1 heterocycles. The van der Waals surface area contributed by atoms with Crippen molar-refractivity contribution in [1.82, 2.24) is 5.32 Å². The molecule has 0 amide bonds. The molecule has 0 atom stereocenters. The van der Waals surface area contributed by atoms with Crippen LogP contribution in [0, 0.1) is 11.3 Å². The Labute approximate surface area is 107 Å². The molecule has 2 rings (SSSR count). The van der Waals surface area contributed by atoms with Gasteiger partial charge in [-0.1, -0.05) is 11.6 Å². The van der Waals surface area contributed by atoms with E-state index in [4.69, 9.17) is 11.6 Å². The fourth-order valence-corrected chi connectivity index (χ4v) is 2.44. The highest BCUT2D eigenvalue weighted by Crippen LogP contribution is 2.30. The summed E-state index contributed by atoms with van der Waals surface area (Å²) in [5, 5.41) is 13.2. The molecule has 0 bridgehead atoms. The fraction of sp³-hybridized carbons (Fsp3) is 0.462. The number of hydrogen-bond donors (Lipinski definition) is 1. The van der Waals surface area contributed by atoms with E-state index in [1.165, 1.54) is 0 Å². The van der Waals surface area contributed by atoms with Gasteiger partial charge in [0.1, 0.15) is 6.07 Å². The zero-order chi connectivity index (χ0) is 12.5. The molecule has 0 radical (unpaired) electrons. The quantitative estimate of drug-likeness (QED) is 0.831. The first-order valence-corrected chi connectivity index (χ1v) is 6.10. The number of hydrogen-bond acceptors (Lipinski definition) is 3. The van der Waals surface area contributed by atoms with Gasteiger partial charge in [0.15, 0.2) is 0 Å². The molecule has 1 saturated heterocycles. The molecule has 0 spiro atoms. The molecule has 1 aromatic carbocycles. The summed E-state index contributed by atoms with van der Waals surface area (Å²) in [6.07, 6.45) is 0. The molecule has 1 aliphatic heterocycles. The van der Waals surface area contributed by atoms with E-state index in [1.807, 2.05) is 12.1 Å². The molecule has 0 unspecified atom stereocenters. The number of benzene rings is 1. The smallest absolute Gasteiger partial charge is 0.101 e. The van der Waals surface area contributed by atoms with Gasteiger partial charge in [-0.2, -0.15) is 5.26 Å². The van der Waals surface area contributed by atoms with Gasteiger partial charge in [0.2, 0.25) is 0 Å². The highest BCUT2D eigenvalue weighted by atomic mass is 35.5. The second-order valence-corrected chi connectivity index (χ2v) is 5.35. The molecule has 1 N–H and O–H groups in total. The van der Waals surface area contributed by atoms with Crippen LogP contribution in [-0.4, -0.2) is 25.2 Å². The van der Waals surface area contributed by atoms with Gasteiger partial charge in [-0.15, -0.1) is 0 Å². The predicted molar refractivity (Wildman–Crippen MR) is 70.5 cm³/mol. The first kappa shape index (κ1) is 12.2. The number of nitrogens with one attached hydrogen (secondary N) is 1. The summed E-state index contributed by atoms with van der Waals surface area (Å²) in [7, 11) is 0. The van der Waals surface area contributed by atoms with Crippen LogP contribution in [-0.2, 0) is 0 Å². The zero-order valence-electron chi connectivity index (χ0n) is 10.1. The van der Waals surface area contributed by atoms with Crippen molar-refractivity contribution >= 4 is 17.3 Å². The van der Waals surface area contributed by atoms with E-state index < -0.39 is 0 Å². The lowest BCUT2D eigenvalue weighted by atomic mass is 9.98. The van der Waals surface area contributed by atoms with Crippen molar-refractivity contribution in [2.75, 3.05) is 24.5 Å². The standard InChI is InChI=1S/C13H16ClN3/c1-13(2)9-16-5-6-17(13)12-4-3-11(14)7-10(12)8-15/h3-4,7,16H,5-6,9H2,1-2H3. The summed E-state index contributed by atoms with van der Waals surface area (Å²) in [5.41, 5.74) is 1.63. The van der Waals surface area contributed by atoms with Crippen molar-refractivity contribution in [2.45, 2.75) is 19.4 Å². The Morgan fingerprint density at radius 2 is 2.24 bits per heavy atom. The van der Waals surface area contributed by atoms with Gasteiger partial charge in [0.05, 0.1) is 11.3 Å². The van der Waals surface area contributed by atoms with Crippen LogP contribution >= 0.6 is 11.6 Å². The molecule has 0 aromatic heterocycles. The summed E-state index contributed by atoms with van der Waals surface area (Å²) in [5.74, 6) is 0. The zero-order valence-corrected chi connectivity index (χ0v) is 10.9. The van der Waals surface area contributed by atoms with Crippen molar-refractivity contribution in [3.8, 4) is 6.07 Å². The van der Waals surface area contributed by atoms with Crippen molar-refractivity contribution in [1.29, 1.82) is 5.26 Å². The Morgan fingerprint density at radius 1 is 1.47 bits per heavy atom. The van der Waals surface area contributed by atoms with Gasteiger partial charge < -0.3 is 10.2 Å². The lowest BCUT2D eigenvalue weighted by Gasteiger charge is -2.44. The summed E-state index contributed by atoms with van der Waals surface area (Å²) in [6.45, 7) is 7.12. The number of nitrogens with zero attached hydrogens (tertiary/aromatic N) is 2. The van der Waals surface area contributed by atoms with Gasteiger partial charge in [0, 0.05) is 30.2 Å². The Balaban J connectivity index is 2.42. The van der Waals surface area contributed by atoms with Gasteiger partial charge in [-0.05, 0) is 32.0 Å². The minimum Gasteiger partial charge on any atom is -0.363 e. The van der Waals surface area contributed by atoms with E-state index in [2.05, 4.69) is 30.1 Å². The topological polar surface area (TPSA) is 39.1 Å². The minimum absolute atomic E-state index is 0.0116. The van der Waals surface area contributed by atoms with E-state index in [0.29, 0.717) is 10.6 Å². The summed E-state index contributed by atoms with van der Waals surface area (Å²) in [4.78, 5) is 2.28. The molecule has 17 heavy (non-hydrogen) atoms. The maximum absolute atomic E-state index is 9.19. The van der Waals surface area contributed by atoms with E-state index in [-0.39, 0.29) is 5.54 Å². The highest BCUT2D eigenvalue weighted by molar-refractivity contribution is 6.30. The van der Waals surface area contributed by atoms with Gasteiger partial charge in [-0.3, -0.25) is 0 Å². The third kappa shape index (κ3) is 2.38. The second-order valence-electron chi connectivity index (χ2n) is 4.91. The lowest BCUT2D eigenvalue weighted by Crippen LogP contribution is -2.58. The number of halogens is 1. The minimum atomic E-state index is 0.0116. The Bertz CT molecular complexity index is 462. The van der Waals surface area contributed by atoms with Gasteiger partial charge >= 0.3 is 0 Å². The normalized spacial score (nSPS) is 18.8. The average Bonchev–Trinajstić information content (AvgIpc) is 2.29. The highest BCUT2D eigenvalue weighted by Gasteiger charge is 2.30. The molecule has 4 heteroatoms. The van der Waals surface area contributed by atoms with E-state index in [0.717, 1.165) is 25.3 Å². The van der Waals surface area contributed by atoms with Crippen LogP contribution in [0.5, 0.6) is 0 Å². The first-order valence-electron chi connectivity index (χ1n) is 5.72. The van der Waals surface area contributed by atoms with E-state index in [1.54, 1.807) is 6.07 Å². The number of anilines is 1. The first-order chi connectivity index (χ1) is 8.04. The van der Waals surface area contributed by atoms with Crippen LogP contribution in [0.3, 0.4) is 0 Å². The summed E-state index contributed by atoms with van der Waals surface area (Å²) in [6, 6.07) is 7.74. The monoisotopic (exact) mass is 249 g/mol.